The number of fused-ring (bicyclic) bond motifs is 2. The van der Waals surface area contributed by atoms with Gasteiger partial charge in [0, 0.05) is 5.41 Å². The van der Waals surface area contributed by atoms with Crippen LogP contribution in [0.4, 0.5) is 0 Å². The van der Waals surface area contributed by atoms with E-state index in [2.05, 4.69) is 0 Å². The molecule has 180 valence electrons. The molecule has 0 aromatic heterocycles. The molecule has 3 heterocycles. The molecule has 5 aliphatic rings. The van der Waals surface area contributed by atoms with Crippen LogP contribution >= 0.6 is 0 Å². The lowest BCUT2D eigenvalue weighted by molar-refractivity contribution is -0.318. The molecule has 3 saturated heterocycles. The van der Waals surface area contributed by atoms with Crippen molar-refractivity contribution in [3.63, 3.8) is 0 Å². The van der Waals surface area contributed by atoms with E-state index in [1.54, 1.807) is 13.0 Å². The summed E-state index contributed by atoms with van der Waals surface area (Å²) in [6.07, 6.45) is -9.03. The Morgan fingerprint density at radius 1 is 1.12 bits per heavy atom. The van der Waals surface area contributed by atoms with E-state index in [-0.39, 0.29) is 13.0 Å². The average molecular weight is 458 g/mol. The number of epoxide rings is 1. The van der Waals surface area contributed by atoms with Crippen molar-refractivity contribution in [1.82, 2.24) is 0 Å². The largest absolute Gasteiger partial charge is 0.396 e. The zero-order valence-corrected chi connectivity index (χ0v) is 17.8. The molecular formula is C21H30O11. The van der Waals surface area contributed by atoms with Crippen molar-refractivity contribution >= 4 is 5.78 Å². The number of aliphatic hydroxyl groups excluding tert-OH is 6. The van der Waals surface area contributed by atoms with Crippen LogP contribution in [0, 0.1) is 10.8 Å². The maximum Gasteiger partial charge on any atom is 0.187 e. The topological polar surface area (TPSA) is 179 Å². The quantitative estimate of drug-likeness (QED) is 0.236. The van der Waals surface area contributed by atoms with Gasteiger partial charge in [-0.05, 0) is 25.0 Å². The van der Waals surface area contributed by atoms with Gasteiger partial charge in [-0.25, -0.2) is 0 Å². The van der Waals surface area contributed by atoms with Gasteiger partial charge in [0.1, 0.15) is 42.2 Å². The van der Waals surface area contributed by atoms with Crippen LogP contribution in [0.25, 0.3) is 0 Å². The number of hydrogen-bond acceptors (Lipinski definition) is 11. The first-order chi connectivity index (χ1) is 15.1. The van der Waals surface area contributed by atoms with E-state index in [0.717, 1.165) is 0 Å². The number of aliphatic hydroxyl groups is 6. The highest BCUT2D eigenvalue weighted by atomic mass is 16.7. The Bertz CT molecular complexity index is 825. The van der Waals surface area contributed by atoms with E-state index >= 15 is 0 Å². The monoisotopic (exact) mass is 458 g/mol. The van der Waals surface area contributed by atoms with Crippen molar-refractivity contribution in [2.75, 3.05) is 19.8 Å². The molecule has 0 amide bonds. The molecule has 0 aromatic carbocycles. The fourth-order valence-electron chi connectivity index (χ4n) is 6.46. The van der Waals surface area contributed by atoms with Gasteiger partial charge in [-0.3, -0.25) is 4.79 Å². The third kappa shape index (κ3) is 2.58. The van der Waals surface area contributed by atoms with Crippen LogP contribution in [0.3, 0.4) is 0 Å². The van der Waals surface area contributed by atoms with Crippen LogP contribution in [-0.4, -0.2) is 117 Å². The van der Waals surface area contributed by atoms with Gasteiger partial charge in [0.05, 0.1) is 37.4 Å². The molecule has 1 saturated carbocycles. The molecule has 12 atom stereocenters. The fourth-order valence-corrected chi connectivity index (χ4v) is 6.46. The van der Waals surface area contributed by atoms with E-state index in [9.17, 15) is 35.4 Å². The van der Waals surface area contributed by atoms with E-state index in [4.69, 9.17) is 18.9 Å². The first-order valence-corrected chi connectivity index (χ1v) is 10.8. The van der Waals surface area contributed by atoms with Crippen LogP contribution in [0.1, 0.15) is 20.3 Å². The van der Waals surface area contributed by atoms with Crippen LogP contribution in [0.5, 0.6) is 0 Å². The van der Waals surface area contributed by atoms with Gasteiger partial charge in [0.15, 0.2) is 12.1 Å². The fraction of sp³-hybridized carbons (Fsp3) is 0.857. The summed E-state index contributed by atoms with van der Waals surface area (Å²) in [5.74, 6) is -0.479. The first-order valence-electron chi connectivity index (χ1n) is 10.8. The lowest BCUT2D eigenvalue weighted by Gasteiger charge is -2.58. The lowest BCUT2D eigenvalue weighted by atomic mass is 9.50. The zero-order valence-electron chi connectivity index (χ0n) is 17.8. The summed E-state index contributed by atoms with van der Waals surface area (Å²) in [4.78, 5) is 12.7. The summed E-state index contributed by atoms with van der Waals surface area (Å²) in [5.41, 5.74) is -2.85. The molecule has 0 radical (unpaired) electrons. The van der Waals surface area contributed by atoms with E-state index in [1.807, 2.05) is 6.92 Å². The molecule has 11 nitrogen and oxygen atoms in total. The van der Waals surface area contributed by atoms with Gasteiger partial charge >= 0.3 is 0 Å². The minimum absolute atomic E-state index is 0.209. The van der Waals surface area contributed by atoms with Crippen molar-refractivity contribution in [1.29, 1.82) is 0 Å². The maximum atomic E-state index is 12.7. The predicted molar refractivity (Wildman–Crippen MR) is 103 cm³/mol. The van der Waals surface area contributed by atoms with Gasteiger partial charge in [-0.15, -0.1) is 0 Å². The van der Waals surface area contributed by atoms with Crippen molar-refractivity contribution in [2.45, 2.75) is 81.0 Å². The summed E-state index contributed by atoms with van der Waals surface area (Å²) in [6, 6.07) is 0. The number of carbonyl (C=O) groups excluding carboxylic acids is 1. The number of rotatable bonds is 4. The highest BCUT2D eigenvalue weighted by molar-refractivity contribution is 6.00. The average Bonchev–Trinajstić information content (AvgIpc) is 3.54. The van der Waals surface area contributed by atoms with Crippen LogP contribution in [0.2, 0.25) is 0 Å². The minimum Gasteiger partial charge on any atom is -0.396 e. The third-order valence-corrected chi connectivity index (χ3v) is 8.57. The SMILES string of the molecule is CC1=C[C@@H]2O[C@H]3[C@H](O[C@@H]4O[C@@H](CO)[C@H](O)[C@@H](O)[C@@H]4O)C[C@](C)(C34CO4)[C@]2(CO)[C@H](O)C1=O. The predicted octanol–water partition coefficient (Wildman–Crippen LogP) is -3.01. The van der Waals surface area contributed by atoms with Gasteiger partial charge in [0.25, 0.3) is 0 Å². The van der Waals surface area contributed by atoms with E-state index in [1.165, 1.54) is 0 Å². The number of ketones is 1. The van der Waals surface area contributed by atoms with E-state index in [0.29, 0.717) is 5.57 Å². The van der Waals surface area contributed by atoms with Crippen molar-refractivity contribution in [3.05, 3.63) is 11.6 Å². The standard InChI is InChI=1S/C21H30O11/c1-8-3-11-20(6-23,16(28)12(8)24)19(2)4-9(17(32-11)21(19)7-29-21)30-18-15(27)14(26)13(25)10(5-22)31-18/h3,9-11,13-18,22-23,25-28H,4-7H2,1-2H3/t9-,10+,11+,13+,14-,15+,16-,17+,18-,19+,20+,21?/m1/s1. The summed E-state index contributed by atoms with van der Waals surface area (Å²) in [5, 5.41) is 61.5. The maximum absolute atomic E-state index is 12.7. The molecule has 5 rings (SSSR count). The van der Waals surface area contributed by atoms with Crippen molar-refractivity contribution in [2.24, 2.45) is 10.8 Å². The normalized spacial score (nSPS) is 56.8. The van der Waals surface area contributed by atoms with Gasteiger partial charge < -0.3 is 49.6 Å². The molecule has 2 bridgehead atoms. The molecule has 4 fully saturated rings. The van der Waals surface area contributed by atoms with Gasteiger partial charge in [0.2, 0.25) is 0 Å². The zero-order chi connectivity index (χ0) is 23.2. The lowest BCUT2D eigenvalue weighted by Crippen LogP contribution is -2.70. The third-order valence-electron chi connectivity index (χ3n) is 8.57. The number of Topliss-reactive ketones (excluding diaryl/α,β-unsaturated/α-hetero) is 1. The van der Waals surface area contributed by atoms with E-state index < -0.39 is 90.5 Å². The van der Waals surface area contributed by atoms with Crippen LogP contribution < -0.4 is 0 Å². The Balaban J connectivity index is 1.49. The summed E-state index contributed by atoms with van der Waals surface area (Å²) in [6.45, 7) is 2.59. The second-order valence-corrected chi connectivity index (χ2v) is 9.88. The number of hydrogen-bond donors (Lipinski definition) is 6. The molecule has 1 unspecified atom stereocenters. The Kier molecular flexibility index (Phi) is 5.16. The Labute approximate surface area is 184 Å². The molecule has 0 aromatic rings. The summed E-state index contributed by atoms with van der Waals surface area (Å²) in [7, 11) is 0. The van der Waals surface area contributed by atoms with Crippen LogP contribution in [0.15, 0.2) is 11.6 Å². The Morgan fingerprint density at radius 2 is 1.81 bits per heavy atom. The van der Waals surface area contributed by atoms with Crippen molar-refractivity contribution < 1.29 is 54.4 Å². The molecule has 3 aliphatic heterocycles. The summed E-state index contributed by atoms with van der Waals surface area (Å²) < 4.78 is 23.7. The number of ether oxygens (including phenoxy) is 4. The molecule has 6 N–H and O–H groups in total. The van der Waals surface area contributed by atoms with Gasteiger partial charge in [-0.2, -0.15) is 0 Å². The van der Waals surface area contributed by atoms with Crippen LogP contribution in [-0.2, 0) is 23.7 Å². The highest BCUT2D eigenvalue weighted by Gasteiger charge is 2.83. The number of carbonyl (C=O) groups is 1. The highest BCUT2D eigenvalue weighted by Crippen LogP contribution is 2.71. The molecule has 32 heavy (non-hydrogen) atoms. The molecule has 2 aliphatic carbocycles. The Morgan fingerprint density at radius 3 is 2.41 bits per heavy atom. The second-order valence-electron chi connectivity index (χ2n) is 9.88. The van der Waals surface area contributed by atoms with Gasteiger partial charge in [-0.1, -0.05) is 6.92 Å². The second kappa shape index (κ2) is 7.25. The smallest absolute Gasteiger partial charge is 0.187 e. The first kappa shape index (κ1) is 22.8. The Hall–Kier alpha value is -0.990. The molecular weight excluding hydrogens is 428 g/mol. The summed E-state index contributed by atoms with van der Waals surface area (Å²) >= 11 is 0. The minimum atomic E-state index is -1.59. The van der Waals surface area contributed by atoms with Crippen molar-refractivity contribution in [3.8, 4) is 0 Å². The molecule has 1 spiro atoms. The molecule has 11 heteroatoms.